The minimum Gasteiger partial charge on any atom is -0.481 e. The number of benzene rings is 1. The number of aryl methyl sites for hydroxylation is 1. The minimum absolute atomic E-state index is 0.000668. The quantitative estimate of drug-likeness (QED) is 0.758. The van der Waals surface area contributed by atoms with Crippen molar-refractivity contribution in [3.05, 3.63) is 29.3 Å². The van der Waals surface area contributed by atoms with Gasteiger partial charge in [-0.05, 0) is 69.6 Å². The van der Waals surface area contributed by atoms with Gasteiger partial charge >= 0.3 is 5.97 Å². The summed E-state index contributed by atoms with van der Waals surface area (Å²) in [5.74, 6) is 0.626. The normalized spacial score (nSPS) is 18.8. The molecule has 1 aromatic rings. The van der Waals surface area contributed by atoms with Crippen LogP contribution in [0.5, 0.6) is 5.75 Å². The van der Waals surface area contributed by atoms with Crippen molar-refractivity contribution in [2.75, 3.05) is 19.7 Å². The number of rotatable bonds is 5. The van der Waals surface area contributed by atoms with Gasteiger partial charge in [0, 0.05) is 13.1 Å². The van der Waals surface area contributed by atoms with E-state index in [1.54, 1.807) is 0 Å². The number of likely N-dealkylation sites (tertiary alicyclic amines) is 1. The van der Waals surface area contributed by atoms with Gasteiger partial charge in [0.1, 0.15) is 5.75 Å². The molecule has 1 saturated heterocycles. The molecule has 0 saturated carbocycles. The molecule has 3 rings (SSSR count). The van der Waals surface area contributed by atoms with Gasteiger partial charge in [-0.15, -0.1) is 0 Å². The maximum absolute atomic E-state index is 12.8. The fraction of sp³-hybridized carbons (Fsp3) is 0.619. The van der Waals surface area contributed by atoms with Crippen LogP contribution in [0.3, 0.4) is 0 Å². The minimum atomic E-state index is -0.512. The molecule has 1 unspecified atom stereocenters. The zero-order chi connectivity index (χ0) is 18.5. The highest BCUT2D eigenvalue weighted by Crippen LogP contribution is 2.30. The first-order valence-electron chi connectivity index (χ1n) is 9.83. The number of hydrogen-bond acceptors (Lipinski definition) is 4. The number of esters is 1. The van der Waals surface area contributed by atoms with E-state index in [-0.39, 0.29) is 17.8 Å². The lowest BCUT2D eigenvalue weighted by atomic mass is 9.91. The zero-order valence-electron chi connectivity index (χ0n) is 15.8. The summed E-state index contributed by atoms with van der Waals surface area (Å²) in [6, 6.07) is 6.15. The predicted octanol–water partition coefficient (Wildman–Crippen LogP) is 3.13. The van der Waals surface area contributed by atoms with E-state index in [0.29, 0.717) is 32.5 Å². The summed E-state index contributed by atoms with van der Waals surface area (Å²) in [6.45, 7) is 5.22. The molecule has 0 spiro atoms. The lowest BCUT2D eigenvalue weighted by Gasteiger charge is -2.33. The predicted molar refractivity (Wildman–Crippen MR) is 99.1 cm³/mol. The van der Waals surface area contributed by atoms with Crippen LogP contribution < -0.4 is 4.74 Å². The average Bonchev–Trinajstić information content (AvgIpc) is 2.68. The molecule has 1 amide bonds. The van der Waals surface area contributed by atoms with Crippen LogP contribution in [0.4, 0.5) is 0 Å². The van der Waals surface area contributed by atoms with Crippen LogP contribution in [0, 0.1) is 5.92 Å². The van der Waals surface area contributed by atoms with Crippen molar-refractivity contribution in [3.63, 3.8) is 0 Å². The van der Waals surface area contributed by atoms with Crippen molar-refractivity contribution in [1.29, 1.82) is 0 Å². The number of hydrogen-bond donors (Lipinski definition) is 0. The Hall–Kier alpha value is -2.04. The van der Waals surface area contributed by atoms with Gasteiger partial charge in [0.05, 0.1) is 12.5 Å². The second-order valence-electron chi connectivity index (χ2n) is 7.21. The summed E-state index contributed by atoms with van der Waals surface area (Å²) in [7, 11) is 0. The molecule has 0 aromatic heterocycles. The van der Waals surface area contributed by atoms with Gasteiger partial charge in [-0.3, -0.25) is 9.59 Å². The van der Waals surface area contributed by atoms with Gasteiger partial charge in [0.2, 0.25) is 0 Å². The summed E-state index contributed by atoms with van der Waals surface area (Å²) >= 11 is 0. The lowest BCUT2D eigenvalue weighted by Crippen LogP contribution is -2.46. The van der Waals surface area contributed by atoms with Crippen LogP contribution in [0.25, 0.3) is 0 Å². The monoisotopic (exact) mass is 359 g/mol. The summed E-state index contributed by atoms with van der Waals surface area (Å²) in [4.78, 5) is 26.4. The van der Waals surface area contributed by atoms with Crippen LogP contribution in [0.2, 0.25) is 0 Å². The summed E-state index contributed by atoms with van der Waals surface area (Å²) in [6.07, 6.45) is 5.34. The van der Waals surface area contributed by atoms with Crippen LogP contribution in [-0.4, -0.2) is 42.6 Å². The standard InChI is InChI=1S/C21H29NO4/c1-3-25-21(24)17-11-13-22(14-12-17)20(23)15(2)26-19-10-6-8-16-7-4-5-9-18(16)19/h6,8,10,15,17H,3-5,7,9,11-14H2,1-2H3. The largest absolute Gasteiger partial charge is 0.481 e. The highest BCUT2D eigenvalue weighted by Gasteiger charge is 2.31. The van der Waals surface area contributed by atoms with E-state index >= 15 is 0 Å². The van der Waals surface area contributed by atoms with Crippen molar-refractivity contribution in [1.82, 2.24) is 4.90 Å². The number of amides is 1. The molecule has 1 fully saturated rings. The molecule has 0 bridgehead atoms. The second-order valence-corrected chi connectivity index (χ2v) is 7.21. The molecule has 142 valence electrons. The Bertz CT molecular complexity index is 649. The molecule has 26 heavy (non-hydrogen) atoms. The topological polar surface area (TPSA) is 55.8 Å². The fourth-order valence-corrected chi connectivity index (χ4v) is 3.95. The highest BCUT2D eigenvalue weighted by atomic mass is 16.5. The number of ether oxygens (including phenoxy) is 2. The van der Waals surface area contributed by atoms with Crippen molar-refractivity contribution < 1.29 is 19.1 Å². The summed E-state index contributed by atoms with van der Waals surface area (Å²) in [5.41, 5.74) is 2.61. The van der Waals surface area contributed by atoms with E-state index in [0.717, 1.165) is 18.6 Å². The molecular weight excluding hydrogens is 330 g/mol. The molecule has 1 aliphatic carbocycles. The molecule has 0 N–H and O–H groups in total. The van der Waals surface area contributed by atoms with Crippen LogP contribution in [-0.2, 0) is 27.2 Å². The van der Waals surface area contributed by atoms with E-state index < -0.39 is 6.10 Å². The van der Waals surface area contributed by atoms with Gasteiger partial charge in [-0.2, -0.15) is 0 Å². The molecule has 5 nitrogen and oxygen atoms in total. The van der Waals surface area contributed by atoms with E-state index in [4.69, 9.17) is 9.47 Å². The first kappa shape index (κ1) is 18.7. The van der Waals surface area contributed by atoms with Gasteiger partial charge < -0.3 is 14.4 Å². The second kappa shape index (κ2) is 8.56. The smallest absolute Gasteiger partial charge is 0.309 e. The number of nitrogens with zero attached hydrogens (tertiary/aromatic N) is 1. The molecule has 1 atom stereocenters. The van der Waals surface area contributed by atoms with Crippen molar-refractivity contribution in [3.8, 4) is 5.75 Å². The van der Waals surface area contributed by atoms with Gasteiger partial charge in [-0.25, -0.2) is 0 Å². The Morgan fingerprint density at radius 3 is 2.65 bits per heavy atom. The number of carbonyl (C=O) groups excluding carboxylic acids is 2. The van der Waals surface area contributed by atoms with Crippen LogP contribution >= 0.6 is 0 Å². The molecule has 5 heteroatoms. The first-order valence-corrected chi connectivity index (χ1v) is 9.83. The lowest BCUT2D eigenvalue weighted by molar-refractivity contribution is -0.152. The first-order chi connectivity index (χ1) is 12.6. The van der Waals surface area contributed by atoms with E-state index in [2.05, 4.69) is 6.07 Å². The van der Waals surface area contributed by atoms with Crippen molar-refractivity contribution in [2.45, 2.75) is 58.5 Å². The molecule has 1 aromatic carbocycles. The van der Waals surface area contributed by atoms with E-state index in [1.165, 1.54) is 24.0 Å². The molecule has 2 aliphatic rings. The Labute approximate surface area is 155 Å². The maximum atomic E-state index is 12.8. The van der Waals surface area contributed by atoms with Gasteiger partial charge in [-0.1, -0.05) is 12.1 Å². The van der Waals surface area contributed by atoms with E-state index in [1.807, 2.05) is 30.9 Å². The van der Waals surface area contributed by atoms with Gasteiger partial charge in [0.25, 0.3) is 5.91 Å². The van der Waals surface area contributed by atoms with Crippen LogP contribution in [0.1, 0.15) is 50.7 Å². The SMILES string of the molecule is CCOC(=O)C1CCN(C(=O)C(C)Oc2cccc3c2CCCC3)CC1. The fourth-order valence-electron chi connectivity index (χ4n) is 3.95. The van der Waals surface area contributed by atoms with Gasteiger partial charge in [0.15, 0.2) is 6.10 Å². The van der Waals surface area contributed by atoms with Crippen LogP contribution in [0.15, 0.2) is 18.2 Å². The number of piperidine rings is 1. The Balaban J connectivity index is 1.57. The third-order valence-electron chi connectivity index (χ3n) is 5.43. The van der Waals surface area contributed by atoms with Crippen molar-refractivity contribution in [2.24, 2.45) is 5.92 Å². The van der Waals surface area contributed by atoms with E-state index in [9.17, 15) is 9.59 Å². The van der Waals surface area contributed by atoms with Crippen molar-refractivity contribution >= 4 is 11.9 Å². The molecular formula is C21H29NO4. The summed E-state index contributed by atoms with van der Waals surface area (Å²) in [5, 5.41) is 0. The molecule has 1 heterocycles. The third kappa shape index (κ3) is 4.19. The molecule has 0 radical (unpaired) electrons. The number of carbonyl (C=O) groups is 2. The third-order valence-corrected chi connectivity index (χ3v) is 5.43. The zero-order valence-corrected chi connectivity index (χ0v) is 15.8. The maximum Gasteiger partial charge on any atom is 0.309 e. The highest BCUT2D eigenvalue weighted by molar-refractivity contribution is 5.81. The average molecular weight is 359 g/mol. The number of fused-ring (bicyclic) bond motifs is 1. The Kier molecular flexibility index (Phi) is 6.17. The summed E-state index contributed by atoms with van der Waals surface area (Å²) < 4.78 is 11.1. The Morgan fingerprint density at radius 1 is 1.19 bits per heavy atom. The molecule has 1 aliphatic heterocycles. The Morgan fingerprint density at radius 2 is 1.92 bits per heavy atom.